The van der Waals surface area contributed by atoms with Gasteiger partial charge in [0.15, 0.2) is 11.9 Å². The fourth-order valence-corrected chi connectivity index (χ4v) is 4.99. The summed E-state index contributed by atoms with van der Waals surface area (Å²) in [6, 6.07) is 10.9. The maximum absolute atomic E-state index is 3.47. The van der Waals surface area contributed by atoms with E-state index >= 15 is 0 Å². The van der Waals surface area contributed by atoms with Gasteiger partial charge in [0.25, 0.3) is 0 Å². The highest BCUT2D eigenvalue weighted by Crippen LogP contribution is 2.18. The predicted molar refractivity (Wildman–Crippen MR) is 142 cm³/mol. The van der Waals surface area contributed by atoms with E-state index in [1.165, 1.54) is 151 Å². The summed E-state index contributed by atoms with van der Waals surface area (Å²) < 4.78 is 0. The van der Waals surface area contributed by atoms with Gasteiger partial charge in [-0.1, -0.05) is 147 Å². The molecule has 188 valence electrons. The van der Waals surface area contributed by atoms with E-state index in [1.807, 2.05) is 0 Å². The second-order valence-electron chi connectivity index (χ2n) is 10.0. The second-order valence-corrected chi connectivity index (χ2v) is 10.0. The maximum Gasteiger partial charge on any atom is 0.187 e. The Hall–Kier alpha value is -0.890. The Morgan fingerprint density at radius 1 is 0.515 bits per heavy atom. The van der Waals surface area contributed by atoms with Crippen molar-refractivity contribution in [1.29, 1.82) is 0 Å². The number of pyridine rings is 1. The van der Waals surface area contributed by atoms with Crippen molar-refractivity contribution in [3.05, 3.63) is 42.2 Å². The highest BCUT2D eigenvalue weighted by Gasteiger charge is 2.06. The van der Waals surface area contributed by atoms with Crippen molar-refractivity contribution in [2.24, 2.45) is 0 Å². The Morgan fingerprint density at radius 3 is 1.42 bits per heavy atom. The van der Waals surface area contributed by atoms with E-state index in [1.54, 1.807) is 0 Å². The lowest BCUT2D eigenvalue weighted by molar-refractivity contribution is -0.388. The van der Waals surface area contributed by atoms with Crippen molar-refractivity contribution in [3.8, 4) is 0 Å². The van der Waals surface area contributed by atoms with Crippen molar-refractivity contribution in [2.45, 2.75) is 142 Å². The van der Waals surface area contributed by atoms with Gasteiger partial charge in [0, 0.05) is 17.9 Å². The molecule has 0 unspecified atom stereocenters. The van der Waals surface area contributed by atoms with Crippen LogP contribution in [0.15, 0.2) is 36.5 Å². The van der Waals surface area contributed by atoms with Crippen LogP contribution in [0.1, 0.15) is 141 Å². The fourth-order valence-electron chi connectivity index (χ4n) is 4.99. The van der Waals surface area contributed by atoms with Gasteiger partial charge in [0.05, 0.1) is 0 Å². The summed E-state index contributed by atoms with van der Waals surface area (Å²) in [6.07, 6.45) is 32.2. The lowest BCUT2D eigenvalue weighted by Crippen LogP contribution is -3.00. The van der Waals surface area contributed by atoms with E-state index in [9.17, 15) is 0 Å². The normalized spacial score (nSPS) is 11.1. The van der Waals surface area contributed by atoms with Gasteiger partial charge < -0.3 is 17.0 Å². The van der Waals surface area contributed by atoms with Crippen LogP contribution in [0.2, 0.25) is 0 Å². The minimum Gasteiger partial charge on any atom is -1.00 e. The summed E-state index contributed by atoms with van der Waals surface area (Å²) in [7, 11) is 0. The monoisotopic (exact) mass is 517 g/mol. The van der Waals surface area contributed by atoms with Crippen molar-refractivity contribution in [2.75, 3.05) is 0 Å². The van der Waals surface area contributed by atoms with Crippen LogP contribution in [0, 0.1) is 0 Å². The molecule has 2 aromatic rings. The topological polar surface area (TPSA) is 14.1 Å². The van der Waals surface area contributed by atoms with E-state index in [0.717, 1.165) is 0 Å². The van der Waals surface area contributed by atoms with Gasteiger partial charge in [0.2, 0.25) is 0 Å². The lowest BCUT2D eigenvalue weighted by atomic mass is 10.0. The molecule has 0 amide bonds. The Kier molecular flexibility index (Phi) is 19.8. The van der Waals surface area contributed by atoms with Crippen LogP contribution in [-0.4, -0.2) is 0 Å². The van der Waals surface area contributed by atoms with Gasteiger partial charge in [-0.15, -0.1) is 0 Å². The third kappa shape index (κ3) is 14.9. The number of aryl methyl sites for hydroxylation is 1. The molecular weight excluding hydrogens is 466 g/mol. The van der Waals surface area contributed by atoms with Gasteiger partial charge in [-0.3, -0.25) is 0 Å². The molecule has 33 heavy (non-hydrogen) atoms. The highest BCUT2D eigenvalue weighted by atomic mass is 79.9. The standard InChI is InChI=1S/C31H51N.BrH/c1-2-3-4-5-6-7-8-9-10-11-12-13-14-15-16-17-18-19-20-21-26-31-30-25-23-22-24-29(30)27-28-32-31;/h22-25,27-28H,2-21,26H2,1H3;1H. The third-order valence-electron chi connectivity index (χ3n) is 7.09. The molecule has 0 aliphatic heterocycles. The average Bonchev–Trinajstić information content (AvgIpc) is 2.83. The highest BCUT2D eigenvalue weighted by molar-refractivity contribution is 5.83. The van der Waals surface area contributed by atoms with Crippen LogP contribution < -0.4 is 22.0 Å². The Labute approximate surface area is 216 Å². The molecular formula is C31H52BrN. The molecule has 0 spiro atoms. The second kappa shape index (κ2) is 21.6. The zero-order chi connectivity index (χ0) is 22.5. The number of rotatable bonds is 21. The number of hydrogen-bond acceptors (Lipinski definition) is 0. The molecule has 1 nitrogen and oxygen atoms in total. The van der Waals surface area contributed by atoms with Crippen LogP contribution in [-0.2, 0) is 6.42 Å². The SMILES string of the molecule is CCCCCCCCCCCCCCCCCCCCCCc1[nH+]ccc2ccccc12.[Br-]. The first kappa shape index (κ1) is 30.1. The molecule has 0 atom stereocenters. The zero-order valence-electron chi connectivity index (χ0n) is 21.7. The summed E-state index contributed by atoms with van der Waals surface area (Å²) in [6.45, 7) is 2.30. The van der Waals surface area contributed by atoms with E-state index < -0.39 is 0 Å². The quantitative estimate of drug-likeness (QED) is 0.158. The van der Waals surface area contributed by atoms with Gasteiger partial charge in [0.1, 0.15) is 0 Å². The molecule has 0 fully saturated rings. The number of H-pyrrole nitrogens is 1. The summed E-state index contributed by atoms with van der Waals surface area (Å²) in [4.78, 5) is 3.47. The van der Waals surface area contributed by atoms with E-state index in [-0.39, 0.29) is 17.0 Å². The van der Waals surface area contributed by atoms with E-state index in [4.69, 9.17) is 0 Å². The molecule has 1 aromatic heterocycles. The minimum absolute atomic E-state index is 0. The van der Waals surface area contributed by atoms with Gasteiger partial charge in [-0.05, 0) is 17.9 Å². The number of benzene rings is 1. The molecule has 0 radical (unpaired) electrons. The summed E-state index contributed by atoms with van der Waals surface area (Å²) in [5, 5.41) is 2.75. The molecule has 1 N–H and O–H groups in total. The van der Waals surface area contributed by atoms with Crippen LogP contribution in [0.4, 0.5) is 0 Å². The molecule has 0 aliphatic rings. The first-order valence-electron chi connectivity index (χ1n) is 14.3. The molecule has 2 heteroatoms. The predicted octanol–water partition coefficient (Wildman–Crippen LogP) is 7.02. The van der Waals surface area contributed by atoms with Crippen LogP contribution in [0.3, 0.4) is 0 Å². The molecule has 1 aromatic carbocycles. The molecule has 0 saturated heterocycles. The van der Waals surface area contributed by atoms with Crippen molar-refractivity contribution >= 4 is 10.8 Å². The number of fused-ring (bicyclic) bond motifs is 1. The first-order chi connectivity index (χ1) is 15.9. The average molecular weight is 519 g/mol. The van der Waals surface area contributed by atoms with Crippen molar-refractivity contribution in [1.82, 2.24) is 0 Å². The smallest absolute Gasteiger partial charge is 0.187 e. The number of nitrogens with one attached hydrogen (secondary N) is 1. The van der Waals surface area contributed by atoms with Gasteiger partial charge in [-0.25, -0.2) is 4.98 Å². The summed E-state index contributed by atoms with van der Waals surface area (Å²) >= 11 is 0. The molecule has 2 rings (SSSR count). The number of aromatic amines is 1. The van der Waals surface area contributed by atoms with Gasteiger partial charge >= 0.3 is 0 Å². The largest absolute Gasteiger partial charge is 1.00 e. The van der Waals surface area contributed by atoms with E-state index in [2.05, 4.69) is 48.4 Å². The van der Waals surface area contributed by atoms with Crippen molar-refractivity contribution in [3.63, 3.8) is 0 Å². The molecule has 1 heterocycles. The summed E-state index contributed by atoms with van der Waals surface area (Å²) in [5.74, 6) is 0. The number of unbranched alkanes of at least 4 members (excludes halogenated alkanes) is 19. The van der Waals surface area contributed by atoms with Gasteiger partial charge in [-0.2, -0.15) is 0 Å². The minimum atomic E-state index is 0. The first-order valence-corrected chi connectivity index (χ1v) is 14.3. The van der Waals surface area contributed by atoms with Crippen LogP contribution >= 0.6 is 0 Å². The lowest BCUT2D eigenvalue weighted by Gasteiger charge is -2.04. The molecule has 0 aliphatic carbocycles. The summed E-state index contributed by atoms with van der Waals surface area (Å²) in [5.41, 5.74) is 1.41. The number of hydrogen-bond donors (Lipinski definition) is 0. The zero-order valence-corrected chi connectivity index (χ0v) is 23.3. The Balaban J connectivity index is 0.00000544. The van der Waals surface area contributed by atoms with Crippen molar-refractivity contribution < 1.29 is 22.0 Å². The number of halogens is 1. The molecule has 0 bridgehead atoms. The van der Waals surface area contributed by atoms with Crippen LogP contribution in [0.25, 0.3) is 10.8 Å². The fraction of sp³-hybridized carbons (Fsp3) is 0.710. The Bertz CT molecular complexity index is 678. The maximum atomic E-state index is 3.47. The van der Waals surface area contributed by atoms with Crippen LogP contribution in [0.5, 0.6) is 0 Å². The Morgan fingerprint density at radius 2 is 0.939 bits per heavy atom. The third-order valence-corrected chi connectivity index (χ3v) is 7.09. The molecule has 0 saturated carbocycles. The van der Waals surface area contributed by atoms with E-state index in [0.29, 0.717) is 0 Å². The number of aromatic nitrogens is 1.